The number of hydrogen-bond donors (Lipinski definition) is 0. The van der Waals surface area contributed by atoms with Crippen LogP contribution in [0.1, 0.15) is 36.6 Å². The van der Waals surface area contributed by atoms with Crippen LogP contribution in [0.15, 0.2) is 13.6 Å². The van der Waals surface area contributed by atoms with Crippen LogP contribution < -0.4 is 0 Å². The molecule has 0 bridgehead atoms. The van der Waals surface area contributed by atoms with Crippen LogP contribution in [0.4, 0.5) is 0 Å². The zero-order chi connectivity index (χ0) is 9.84. The topological polar surface area (TPSA) is 0 Å². The van der Waals surface area contributed by atoms with Crippen molar-refractivity contribution in [3.05, 3.63) is 19.2 Å². The fourth-order valence-corrected chi connectivity index (χ4v) is 5.22. The van der Waals surface area contributed by atoms with E-state index < -0.39 is 0 Å². The monoisotopic (exact) mass is 388 g/mol. The van der Waals surface area contributed by atoms with Gasteiger partial charge in [-0.15, -0.1) is 11.3 Å². The minimum absolute atomic E-state index is 0.490. The van der Waals surface area contributed by atoms with Crippen molar-refractivity contribution in [3.63, 3.8) is 0 Å². The van der Waals surface area contributed by atoms with Gasteiger partial charge in [-0.25, -0.2) is 0 Å². The largest absolute Gasteiger partial charge is 0.121 e. The fourth-order valence-electron chi connectivity index (χ4n) is 1.11. The second-order valence-electron chi connectivity index (χ2n) is 2.89. The molecule has 0 aliphatic heterocycles. The Morgan fingerprint density at radius 3 is 2.62 bits per heavy atom. The second-order valence-corrected chi connectivity index (χ2v) is 7.74. The van der Waals surface area contributed by atoms with Gasteiger partial charge < -0.3 is 0 Å². The fraction of sp³-hybridized carbons (Fsp3) is 0.556. The van der Waals surface area contributed by atoms with E-state index in [-0.39, 0.29) is 0 Å². The minimum atomic E-state index is 0.490. The molecule has 0 fully saturated rings. The summed E-state index contributed by atoms with van der Waals surface area (Å²) < 4.78 is 2.42. The van der Waals surface area contributed by atoms with Gasteiger partial charge in [-0.3, -0.25) is 0 Å². The average molecular weight is 391 g/mol. The van der Waals surface area contributed by atoms with Crippen molar-refractivity contribution in [1.29, 1.82) is 0 Å². The van der Waals surface area contributed by atoms with Gasteiger partial charge in [0.15, 0.2) is 0 Å². The van der Waals surface area contributed by atoms with Gasteiger partial charge in [0.2, 0.25) is 0 Å². The van der Waals surface area contributed by atoms with E-state index in [1.807, 2.05) is 0 Å². The summed E-state index contributed by atoms with van der Waals surface area (Å²) in [6.07, 6.45) is 3.74. The number of halogens is 3. The molecule has 4 heteroatoms. The van der Waals surface area contributed by atoms with Gasteiger partial charge in [0.05, 0.1) is 7.57 Å². The Hall–Kier alpha value is 1.14. The summed E-state index contributed by atoms with van der Waals surface area (Å²) in [5.41, 5.74) is 1.37. The first-order valence-corrected chi connectivity index (χ1v) is 7.55. The molecule has 0 aromatic carbocycles. The number of rotatable bonds is 4. The average Bonchev–Trinajstić information content (AvgIpc) is 2.41. The molecule has 1 aromatic heterocycles. The number of hydrogen-bond acceptors (Lipinski definition) is 1. The van der Waals surface area contributed by atoms with E-state index >= 15 is 0 Å². The summed E-state index contributed by atoms with van der Waals surface area (Å²) in [6.45, 7) is 2.22. The molecule has 0 nitrogen and oxygen atoms in total. The predicted molar refractivity (Wildman–Crippen MR) is 70.9 cm³/mol. The smallest absolute Gasteiger partial charge is 0.0753 e. The second kappa shape index (κ2) is 5.89. The highest BCUT2D eigenvalue weighted by Gasteiger charge is 2.13. The minimum Gasteiger partial charge on any atom is -0.121 e. The van der Waals surface area contributed by atoms with Crippen LogP contribution in [-0.4, -0.2) is 0 Å². The van der Waals surface area contributed by atoms with Crippen molar-refractivity contribution in [2.24, 2.45) is 0 Å². The molecule has 1 aromatic rings. The summed E-state index contributed by atoms with van der Waals surface area (Å²) in [7, 11) is 0. The molecule has 0 saturated carbocycles. The quantitative estimate of drug-likeness (QED) is 0.561. The van der Waals surface area contributed by atoms with E-state index in [2.05, 4.69) is 60.8 Å². The van der Waals surface area contributed by atoms with Gasteiger partial charge in [-0.05, 0) is 49.9 Å². The van der Waals surface area contributed by atoms with Crippen molar-refractivity contribution in [2.45, 2.75) is 31.0 Å². The van der Waals surface area contributed by atoms with Crippen molar-refractivity contribution < 1.29 is 0 Å². The Labute approximate surface area is 108 Å². The van der Waals surface area contributed by atoms with Crippen molar-refractivity contribution in [2.75, 3.05) is 0 Å². The molecule has 13 heavy (non-hydrogen) atoms. The lowest BCUT2D eigenvalue weighted by Crippen LogP contribution is -1.87. The summed E-state index contributed by atoms with van der Waals surface area (Å²) in [6, 6.07) is 2.18. The van der Waals surface area contributed by atoms with Crippen LogP contribution in [0.25, 0.3) is 0 Å². The standard InChI is InChI=1S/C9H11Br3S/c1-2-3-4-7(10)6-5-8(11)13-9(6)12/h5,7H,2-4H2,1H3. The van der Waals surface area contributed by atoms with E-state index in [0.29, 0.717) is 4.83 Å². The molecule has 0 spiro atoms. The highest BCUT2D eigenvalue weighted by atomic mass is 79.9. The molecule has 1 unspecified atom stereocenters. The molecule has 1 atom stereocenters. The van der Waals surface area contributed by atoms with Crippen LogP contribution >= 0.6 is 59.1 Å². The highest BCUT2D eigenvalue weighted by molar-refractivity contribution is 9.12. The van der Waals surface area contributed by atoms with E-state index in [0.717, 1.165) is 0 Å². The SMILES string of the molecule is CCCCC(Br)c1cc(Br)sc1Br. The molecule has 0 amide bonds. The molecule has 1 rings (SSSR count). The van der Waals surface area contributed by atoms with Crippen molar-refractivity contribution >= 4 is 59.1 Å². The molecular formula is C9H11Br3S. The first-order chi connectivity index (χ1) is 6.15. The number of thiophene rings is 1. The number of alkyl halides is 1. The highest BCUT2D eigenvalue weighted by Crippen LogP contribution is 2.40. The summed E-state index contributed by atoms with van der Waals surface area (Å²) in [5.74, 6) is 0. The lowest BCUT2D eigenvalue weighted by molar-refractivity contribution is 0.713. The van der Waals surface area contributed by atoms with Crippen LogP contribution in [0.2, 0.25) is 0 Å². The van der Waals surface area contributed by atoms with Crippen LogP contribution in [0.5, 0.6) is 0 Å². The van der Waals surface area contributed by atoms with Gasteiger partial charge in [0, 0.05) is 4.83 Å². The lowest BCUT2D eigenvalue weighted by Gasteiger charge is -2.07. The Bertz CT molecular complexity index is 270. The zero-order valence-electron chi connectivity index (χ0n) is 7.32. The third-order valence-corrected chi connectivity index (χ3v) is 5.17. The maximum absolute atomic E-state index is 3.71. The molecule has 0 saturated heterocycles. The van der Waals surface area contributed by atoms with Crippen LogP contribution in [-0.2, 0) is 0 Å². The van der Waals surface area contributed by atoms with E-state index in [4.69, 9.17) is 0 Å². The number of unbranched alkanes of at least 4 members (excludes halogenated alkanes) is 1. The zero-order valence-corrected chi connectivity index (χ0v) is 12.9. The summed E-state index contributed by atoms with van der Waals surface area (Å²) in [4.78, 5) is 0.490. The van der Waals surface area contributed by atoms with Gasteiger partial charge >= 0.3 is 0 Å². The molecule has 0 aliphatic rings. The molecule has 0 radical (unpaired) electrons. The Kier molecular flexibility index (Phi) is 5.53. The maximum Gasteiger partial charge on any atom is 0.0753 e. The normalized spacial score (nSPS) is 13.2. The maximum atomic E-state index is 3.71. The van der Waals surface area contributed by atoms with Crippen molar-refractivity contribution in [3.8, 4) is 0 Å². The van der Waals surface area contributed by atoms with Gasteiger partial charge in [-0.2, -0.15) is 0 Å². The predicted octanol–water partition coefficient (Wildman–Crippen LogP) is 5.90. The summed E-state index contributed by atoms with van der Waals surface area (Å²) >= 11 is 12.5. The first kappa shape index (κ1) is 12.2. The van der Waals surface area contributed by atoms with E-state index in [9.17, 15) is 0 Å². The van der Waals surface area contributed by atoms with E-state index in [1.165, 1.54) is 32.4 Å². The molecular weight excluding hydrogens is 380 g/mol. The molecule has 1 heterocycles. The molecule has 0 N–H and O–H groups in total. The third-order valence-electron chi connectivity index (χ3n) is 1.83. The molecule has 0 aliphatic carbocycles. The van der Waals surface area contributed by atoms with Crippen molar-refractivity contribution in [1.82, 2.24) is 0 Å². The Balaban J connectivity index is 2.64. The lowest BCUT2D eigenvalue weighted by atomic mass is 10.1. The summed E-state index contributed by atoms with van der Waals surface area (Å²) in [5, 5.41) is 0. The Morgan fingerprint density at radius 1 is 1.46 bits per heavy atom. The van der Waals surface area contributed by atoms with Crippen LogP contribution in [0, 0.1) is 0 Å². The van der Waals surface area contributed by atoms with Gasteiger partial charge in [0.25, 0.3) is 0 Å². The first-order valence-electron chi connectivity index (χ1n) is 4.24. The van der Waals surface area contributed by atoms with Gasteiger partial charge in [0.1, 0.15) is 0 Å². The Morgan fingerprint density at radius 2 is 2.15 bits per heavy atom. The molecule has 74 valence electrons. The van der Waals surface area contributed by atoms with Gasteiger partial charge in [-0.1, -0.05) is 35.7 Å². The third kappa shape index (κ3) is 3.65. The van der Waals surface area contributed by atoms with E-state index in [1.54, 1.807) is 11.3 Å². The van der Waals surface area contributed by atoms with Crippen LogP contribution in [0.3, 0.4) is 0 Å².